The molecule has 0 spiro atoms. The number of carbonyl (C=O) groups excluding carboxylic acids is 1. The Morgan fingerprint density at radius 2 is 1.90 bits per heavy atom. The number of ketones is 1. The van der Waals surface area contributed by atoms with Crippen LogP contribution in [0.1, 0.15) is 22.8 Å². The van der Waals surface area contributed by atoms with Gasteiger partial charge in [0.25, 0.3) is 10.0 Å². The second kappa shape index (κ2) is 7.88. The lowest BCUT2D eigenvalue weighted by atomic mass is 10.1. The Morgan fingerprint density at radius 1 is 1.10 bits per heavy atom. The molecule has 31 heavy (non-hydrogen) atoms. The predicted molar refractivity (Wildman–Crippen MR) is 119 cm³/mol. The van der Waals surface area contributed by atoms with Gasteiger partial charge in [-0.1, -0.05) is 18.2 Å². The summed E-state index contributed by atoms with van der Waals surface area (Å²) in [5.74, 6) is 0.161. The van der Waals surface area contributed by atoms with Gasteiger partial charge in [-0.15, -0.1) is 0 Å². The largest absolute Gasteiger partial charge is 0.495 e. The Hall–Kier alpha value is -3.65. The van der Waals surface area contributed by atoms with Crippen molar-refractivity contribution in [2.45, 2.75) is 18.7 Å². The lowest BCUT2D eigenvalue weighted by molar-refractivity contribution is 0.101. The van der Waals surface area contributed by atoms with E-state index < -0.39 is 10.0 Å². The number of benzene rings is 2. The Labute approximate surface area is 180 Å². The standard InChI is InChI=1S/C23H21N3O4S/c1-15-6-5-11-26-14-21(24-23(15)26)18-9-10-22(30-3)20(13-18)25-31(28,29)19-8-4-7-17(12-19)16(2)27/h4-14,25H,1-3H3. The molecule has 2 aromatic heterocycles. The summed E-state index contributed by atoms with van der Waals surface area (Å²) >= 11 is 0. The number of hydrogen-bond donors (Lipinski definition) is 1. The third-order valence-electron chi connectivity index (χ3n) is 4.97. The smallest absolute Gasteiger partial charge is 0.262 e. The van der Waals surface area contributed by atoms with Gasteiger partial charge in [0.15, 0.2) is 5.78 Å². The summed E-state index contributed by atoms with van der Waals surface area (Å²) in [5, 5.41) is 0. The van der Waals surface area contributed by atoms with Crippen molar-refractivity contribution in [2.24, 2.45) is 0 Å². The van der Waals surface area contributed by atoms with Crippen molar-refractivity contribution in [1.29, 1.82) is 0 Å². The highest BCUT2D eigenvalue weighted by atomic mass is 32.2. The summed E-state index contributed by atoms with van der Waals surface area (Å²) < 4.78 is 35.8. The highest BCUT2D eigenvalue weighted by Crippen LogP contribution is 2.32. The van der Waals surface area contributed by atoms with E-state index in [0.29, 0.717) is 17.0 Å². The molecule has 2 heterocycles. The second-order valence-electron chi connectivity index (χ2n) is 7.15. The van der Waals surface area contributed by atoms with Crippen LogP contribution in [0.15, 0.2) is 71.9 Å². The number of hydrogen-bond acceptors (Lipinski definition) is 5. The van der Waals surface area contributed by atoms with Crippen LogP contribution in [-0.2, 0) is 10.0 Å². The van der Waals surface area contributed by atoms with Crippen LogP contribution in [0.25, 0.3) is 16.9 Å². The normalized spacial score (nSPS) is 11.5. The molecule has 0 saturated carbocycles. The number of imidazole rings is 1. The second-order valence-corrected chi connectivity index (χ2v) is 8.84. The highest BCUT2D eigenvalue weighted by molar-refractivity contribution is 7.92. The first-order valence-corrected chi connectivity index (χ1v) is 11.0. The van der Waals surface area contributed by atoms with Crippen molar-refractivity contribution < 1.29 is 17.9 Å². The average Bonchev–Trinajstić information content (AvgIpc) is 3.19. The van der Waals surface area contributed by atoms with Gasteiger partial charge >= 0.3 is 0 Å². The molecule has 158 valence electrons. The third-order valence-corrected chi connectivity index (χ3v) is 6.33. The zero-order valence-electron chi connectivity index (χ0n) is 17.3. The number of nitrogens with one attached hydrogen (secondary N) is 1. The molecule has 0 aliphatic rings. The van der Waals surface area contributed by atoms with Gasteiger partial charge in [0, 0.05) is 23.5 Å². The number of Topliss-reactive ketones (excluding diaryl/α,β-unsaturated/α-hetero) is 1. The SMILES string of the molecule is COc1ccc(-c2cn3cccc(C)c3n2)cc1NS(=O)(=O)c1cccc(C(C)=O)c1. The summed E-state index contributed by atoms with van der Waals surface area (Å²) in [7, 11) is -2.47. The first-order valence-electron chi connectivity index (χ1n) is 9.55. The lowest BCUT2D eigenvalue weighted by Crippen LogP contribution is -2.14. The average molecular weight is 436 g/mol. The quantitative estimate of drug-likeness (QED) is 0.456. The van der Waals surface area contributed by atoms with Crippen molar-refractivity contribution in [3.8, 4) is 17.0 Å². The van der Waals surface area contributed by atoms with Crippen LogP contribution >= 0.6 is 0 Å². The van der Waals surface area contributed by atoms with Gasteiger partial charge in [-0.3, -0.25) is 9.52 Å². The molecule has 2 aromatic carbocycles. The molecule has 8 heteroatoms. The van der Waals surface area contributed by atoms with Crippen LogP contribution in [0.2, 0.25) is 0 Å². The van der Waals surface area contributed by atoms with E-state index >= 15 is 0 Å². The van der Waals surface area contributed by atoms with E-state index in [4.69, 9.17) is 4.74 Å². The van der Waals surface area contributed by atoms with Crippen LogP contribution in [-0.4, -0.2) is 30.7 Å². The van der Waals surface area contributed by atoms with Crippen LogP contribution in [0, 0.1) is 6.92 Å². The molecule has 0 saturated heterocycles. The number of rotatable bonds is 6. The van der Waals surface area contributed by atoms with Crippen molar-refractivity contribution in [3.05, 3.63) is 78.1 Å². The zero-order chi connectivity index (χ0) is 22.2. The summed E-state index contributed by atoms with van der Waals surface area (Å²) in [5.41, 5.74) is 3.91. The topological polar surface area (TPSA) is 89.8 Å². The maximum absolute atomic E-state index is 13.0. The monoisotopic (exact) mass is 435 g/mol. The summed E-state index contributed by atoms with van der Waals surface area (Å²) in [6.45, 7) is 3.37. The predicted octanol–water partition coefficient (Wildman–Crippen LogP) is 4.32. The number of carbonyl (C=O) groups is 1. The maximum atomic E-state index is 13.0. The Bertz CT molecular complexity index is 1410. The van der Waals surface area contributed by atoms with Crippen LogP contribution in [0.4, 0.5) is 5.69 Å². The fourth-order valence-electron chi connectivity index (χ4n) is 3.33. The maximum Gasteiger partial charge on any atom is 0.262 e. The number of fused-ring (bicyclic) bond motifs is 1. The first kappa shape index (κ1) is 20.6. The van der Waals surface area contributed by atoms with Crippen LogP contribution in [0.3, 0.4) is 0 Å². The summed E-state index contributed by atoms with van der Waals surface area (Å²) in [6, 6.07) is 15.0. The minimum absolute atomic E-state index is 0.00369. The van der Waals surface area contributed by atoms with Gasteiger partial charge in [0.05, 0.1) is 23.4 Å². The highest BCUT2D eigenvalue weighted by Gasteiger charge is 2.19. The molecular formula is C23H21N3O4S. The minimum Gasteiger partial charge on any atom is -0.495 e. The van der Waals surface area contributed by atoms with Crippen molar-refractivity contribution >= 4 is 27.1 Å². The fourth-order valence-corrected chi connectivity index (χ4v) is 4.43. The number of anilines is 1. The Kier molecular flexibility index (Phi) is 5.24. The molecule has 0 amide bonds. The lowest BCUT2D eigenvalue weighted by Gasteiger charge is -2.13. The molecule has 0 bridgehead atoms. The van der Waals surface area contributed by atoms with Crippen LogP contribution in [0.5, 0.6) is 5.75 Å². The van der Waals surface area contributed by atoms with E-state index in [-0.39, 0.29) is 16.4 Å². The van der Waals surface area contributed by atoms with Crippen molar-refractivity contribution in [1.82, 2.24) is 9.38 Å². The number of methoxy groups -OCH3 is 1. The number of ether oxygens (including phenoxy) is 1. The number of nitrogens with zero attached hydrogens (tertiary/aromatic N) is 2. The molecule has 0 unspecified atom stereocenters. The Balaban J connectivity index is 1.75. The molecule has 0 aliphatic heterocycles. The minimum atomic E-state index is -3.94. The van der Waals surface area contributed by atoms with Crippen LogP contribution < -0.4 is 9.46 Å². The van der Waals surface area contributed by atoms with E-state index in [1.165, 1.54) is 32.2 Å². The van der Waals surface area contributed by atoms with E-state index in [0.717, 1.165) is 16.8 Å². The van der Waals surface area contributed by atoms with E-state index in [1.807, 2.05) is 41.9 Å². The van der Waals surface area contributed by atoms with Crippen molar-refractivity contribution in [3.63, 3.8) is 0 Å². The van der Waals surface area contributed by atoms with E-state index in [2.05, 4.69) is 9.71 Å². The van der Waals surface area contributed by atoms with Gasteiger partial charge in [-0.25, -0.2) is 13.4 Å². The molecule has 0 radical (unpaired) electrons. The molecule has 7 nitrogen and oxygen atoms in total. The first-order chi connectivity index (χ1) is 14.8. The number of aromatic nitrogens is 2. The van der Waals surface area contributed by atoms with Gasteiger partial charge in [-0.2, -0.15) is 0 Å². The molecule has 1 N–H and O–H groups in total. The molecule has 0 atom stereocenters. The third kappa shape index (κ3) is 4.02. The van der Waals surface area contributed by atoms with Gasteiger partial charge < -0.3 is 9.14 Å². The van der Waals surface area contributed by atoms with E-state index in [9.17, 15) is 13.2 Å². The van der Waals surface area contributed by atoms with Crippen molar-refractivity contribution in [2.75, 3.05) is 11.8 Å². The number of pyridine rings is 1. The molecule has 4 aromatic rings. The summed E-state index contributed by atoms with van der Waals surface area (Å²) in [6.07, 6.45) is 3.80. The molecule has 0 fully saturated rings. The van der Waals surface area contributed by atoms with Gasteiger partial charge in [-0.05, 0) is 55.8 Å². The molecule has 0 aliphatic carbocycles. The number of aryl methyl sites for hydroxylation is 1. The Morgan fingerprint density at radius 3 is 2.61 bits per heavy atom. The molecular weight excluding hydrogens is 414 g/mol. The van der Waals surface area contributed by atoms with Gasteiger partial charge in [0.2, 0.25) is 0 Å². The van der Waals surface area contributed by atoms with E-state index in [1.54, 1.807) is 18.2 Å². The number of sulfonamides is 1. The van der Waals surface area contributed by atoms with Gasteiger partial charge in [0.1, 0.15) is 11.4 Å². The summed E-state index contributed by atoms with van der Waals surface area (Å²) in [4.78, 5) is 16.3. The zero-order valence-corrected chi connectivity index (χ0v) is 18.1. The fraction of sp³-hybridized carbons (Fsp3) is 0.130. The molecule has 4 rings (SSSR count).